The molecular formula is C21H22N2O3S2. The van der Waals surface area contributed by atoms with E-state index in [4.69, 9.17) is 9.47 Å². The molecule has 3 aromatic rings. The Balaban J connectivity index is 1.73. The molecule has 146 valence electrons. The maximum atomic E-state index is 13.1. The monoisotopic (exact) mass is 414 g/mol. The largest absolute Gasteiger partial charge is 0.493 e. The number of hydrogen-bond acceptors (Lipinski definition) is 6. The van der Waals surface area contributed by atoms with Gasteiger partial charge in [-0.2, -0.15) is 0 Å². The van der Waals surface area contributed by atoms with Crippen LogP contribution in [0.4, 0.5) is 0 Å². The third-order valence-electron chi connectivity index (χ3n) is 4.19. The fourth-order valence-corrected chi connectivity index (χ4v) is 4.37. The van der Waals surface area contributed by atoms with Crippen molar-refractivity contribution in [2.45, 2.75) is 17.2 Å². The summed E-state index contributed by atoms with van der Waals surface area (Å²) in [6.45, 7) is 0.476. The van der Waals surface area contributed by atoms with E-state index >= 15 is 0 Å². The maximum absolute atomic E-state index is 13.1. The van der Waals surface area contributed by atoms with Gasteiger partial charge in [-0.3, -0.25) is 4.79 Å². The predicted molar refractivity (Wildman–Crippen MR) is 113 cm³/mol. The van der Waals surface area contributed by atoms with Gasteiger partial charge in [0, 0.05) is 29.6 Å². The first-order valence-corrected chi connectivity index (χ1v) is 10.6. The van der Waals surface area contributed by atoms with Crippen molar-refractivity contribution in [1.29, 1.82) is 0 Å². The summed E-state index contributed by atoms with van der Waals surface area (Å²) in [5.74, 6) is 2.05. The first kappa shape index (κ1) is 20.2. The van der Waals surface area contributed by atoms with Crippen LogP contribution in [0.15, 0.2) is 58.3 Å². The second kappa shape index (κ2) is 9.61. The topological polar surface area (TPSA) is 51.7 Å². The highest BCUT2D eigenvalue weighted by molar-refractivity contribution is 7.98. The molecule has 0 aliphatic rings. The van der Waals surface area contributed by atoms with Crippen LogP contribution in [0.1, 0.15) is 21.6 Å². The number of nitrogens with zero attached hydrogens (tertiary/aromatic N) is 2. The number of methoxy groups -OCH3 is 2. The lowest BCUT2D eigenvalue weighted by molar-refractivity contribution is 0.0781. The number of thiazole rings is 1. The number of amides is 1. The smallest absolute Gasteiger partial charge is 0.255 e. The van der Waals surface area contributed by atoms with Crippen LogP contribution in [-0.2, 0) is 12.3 Å². The van der Waals surface area contributed by atoms with E-state index in [2.05, 4.69) is 4.98 Å². The number of carbonyl (C=O) groups is 1. The van der Waals surface area contributed by atoms with E-state index < -0.39 is 0 Å². The van der Waals surface area contributed by atoms with E-state index in [9.17, 15) is 4.79 Å². The second-order valence-corrected chi connectivity index (χ2v) is 7.85. The molecule has 28 heavy (non-hydrogen) atoms. The minimum Gasteiger partial charge on any atom is -0.493 e. The zero-order valence-corrected chi connectivity index (χ0v) is 17.7. The summed E-state index contributed by atoms with van der Waals surface area (Å²) in [5, 5.41) is 2.03. The van der Waals surface area contributed by atoms with Crippen LogP contribution in [0.5, 0.6) is 11.5 Å². The van der Waals surface area contributed by atoms with Gasteiger partial charge in [0.15, 0.2) is 11.5 Å². The molecule has 0 aliphatic heterocycles. The molecule has 7 heteroatoms. The highest BCUT2D eigenvalue weighted by Gasteiger charge is 2.17. The molecule has 0 spiro atoms. The third-order valence-corrected chi connectivity index (χ3v) is 5.93. The Bertz CT molecular complexity index is 929. The predicted octanol–water partition coefficient (Wildman–Crippen LogP) is 4.72. The van der Waals surface area contributed by atoms with Gasteiger partial charge >= 0.3 is 0 Å². The van der Waals surface area contributed by atoms with Gasteiger partial charge < -0.3 is 14.4 Å². The lowest BCUT2D eigenvalue weighted by Crippen LogP contribution is -2.26. The summed E-state index contributed by atoms with van der Waals surface area (Å²) in [7, 11) is 5.01. The van der Waals surface area contributed by atoms with Crippen LogP contribution in [0.25, 0.3) is 0 Å². The summed E-state index contributed by atoms with van der Waals surface area (Å²) in [4.78, 5) is 20.0. The highest BCUT2D eigenvalue weighted by Crippen LogP contribution is 2.29. The molecule has 0 fully saturated rings. The van der Waals surface area contributed by atoms with Gasteiger partial charge in [0.05, 0.1) is 31.0 Å². The molecule has 1 aromatic heterocycles. The number of hydrogen-bond donors (Lipinski definition) is 0. The molecule has 0 saturated carbocycles. The van der Waals surface area contributed by atoms with E-state index in [0.29, 0.717) is 23.6 Å². The molecule has 3 rings (SSSR count). The van der Waals surface area contributed by atoms with Gasteiger partial charge in [-0.1, -0.05) is 18.2 Å². The fourth-order valence-electron chi connectivity index (χ4n) is 2.76. The Hall–Kier alpha value is -2.51. The lowest BCUT2D eigenvalue weighted by atomic mass is 10.1. The van der Waals surface area contributed by atoms with Crippen molar-refractivity contribution in [3.05, 3.63) is 70.2 Å². The van der Waals surface area contributed by atoms with Gasteiger partial charge in [-0.05, 0) is 29.8 Å². The Kier molecular flexibility index (Phi) is 6.95. The molecule has 0 atom stereocenters. The summed E-state index contributed by atoms with van der Waals surface area (Å²) < 4.78 is 10.6. The standard InChI is InChI=1S/C21H22N2O3S2/c1-23(11-15-8-9-18(25-2)19(10-15)26-3)21(24)17-6-4-5-7-20(17)28-13-16-12-27-14-22-16/h4-10,12,14H,11,13H2,1-3H3. The van der Waals surface area contributed by atoms with E-state index in [1.54, 1.807) is 49.3 Å². The highest BCUT2D eigenvalue weighted by atomic mass is 32.2. The zero-order chi connectivity index (χ0) is 19.9. The molecule has 2 aromatic carbocycles. The van der Waals surface area contributed by atoms with Crippen molar-refractivity contribution < 1.29 is 14.3 Å². The SMILES string of the molecule is COc1ccc(CN(C)C(=O)c2ccccc2SCc2cscn2)cc1OC. The zero-order valence-electron chi connectivity index (χ0n) is 16.0. The van der Waals surface area contributed by atoms with Crippen molar-refractivity contribution in [3.8, 4) is 11.5 Å². The second-order valence-electron chi connectivity index (χ2n) is 6.12. The Labute approximate surface area is 173 Å². The van der Waals surface area contributed by atoms with Crippen molar-refractivity contribution in [2.75, 3.05) is 21.3 Å². The normalized spacial score (nSPS) is 10.5. The van der Waals surface area contributed by atoms with Crippen LogP contribution in [-0.4, -0.2) is 37.1 Å². The quantitative estimate of drug-likeness (QED) is 0.499. The lowest BCUT2D eigenvalue weighted by Gasteiger charge is -2.20. The molecule has 0 unspecified atom stereocenters. The van der Waals surface area contributed by atoms with Gasteiger partial charge in [0.1, 0.15) is 0 Å². The van der Waals surface area contributed by atoms with Gasteiger partial charge in [0.25, 0.3) is 5.91 Å². The van der Waals surface area contributed by atoms with Crippen molar-refractivity contribution in [1.82, 2.24) is 9.88 Å². The summed E-state index contributed by atoms with van der Waals surface area (Å²) in [6.07, 6.45) is 0. The number of carbonyl (C=O) groups excluding carboxylic acids is 1. The van der Waals surface area contributed by atoms with Crippen LogP contribution < -0.4 is 9.47 Å². The van der Waals surface area contributed by atoms with Crippen molar-refractivity contribution in [2.24, 2.45) is 0 Å². The minimum absolute atomic E-state index is 0.0174. The molecule has 5 nitrogen and oxygen atoms in total. The molecule has 0 bridgehead atoms. The molecule has 0 N–H and O–H groups in total. The first-order chi connectivity index (χ1) is 13.6. The Morgan fingerprint density at radius 1 is 1.14 bits per heavy atom. The first-order valence-electron chi connectivity index (χ1n) is 8.67. The maximum Gasteiger partial charge on any atom is 0.255 e. The minimum atomic E-state index is -0.0174. The Morgan fingerprint density at radius 2 is 1.93 bits per heavy atom. The molecule has 0 aliphatic carbocycles. The van der Waals surface area contributed by atoms with Crippen molar-refractivity contribution >= 4 is 29.0 Å². The number of rotatable bonds is 8. The van der Waals surface area contributed by atoms with E-state index in [-0.39, 0.29) is 5.91 Å². The molecular weight excluding hydrogens is 392 g/mol. The number of benzene rings is 2. The van der Waals surface area contributed by atoms with E-state index in [0.717, 1.165) is 21.9 Å². The summed E-state index contributed by atoms with van der Waals surface area (Å²) >= 11 is 3.21. The summed E-state index contributed by atoms with van der Waals surface area (Å²) in [5.41, 5.74) is 4.52. The number of thioether (sulfide) groups is 1. The summed E-state index contributed by atoms with van der Waals surface area (Å²) in [6, 6.07) is 13.4. The fraction of sp³-hybridized carbons (Fsp3) is 0.238. The molecule has 0 radical (unpaired) electrons. The Morgan fingerprint density at radius 3 is 2.64 bits per heavy atom. The van der Waals surface area contributed by atoms with Gasteiger partial charge in [-0.25, -0.2) is 4.98 Å². The average Bonchev–Trinajstić information content (AvgIpc) is 3.25. The van der Waals surface area contributed by atoms with Gasteiger partial charge in [0.2, 0.25) is 0 Å². The van der Waals surface area contributed by atoms with E-state index in [1.165, 1.54) is 0 Å². The molecule has 1 heterocycles. The average molecular weight is 415 g/mol. The van der Waals surface area contributed by atoms with Crippen LogP contribution in [0, 0.1) is 0 Å². The van der Waals surface area contributed by atoms with Crippen LogP contribution in [0.3, 0.4) is 0 Å². The van der Waals surface area contributed by atoms with Crippen LogP contribution in [0.2, 0.25) is 0 Å². The molecule has 1 amide bonds. The van der Waals surface area contributed by atoms with E-state index in [1.807, 2.05) is 53.4 Å². The molecule has 0 saturated heterocycles. The number of ether oxygens (including phenoxy) is 2. The van der Waals surface area contributed by atoms with Gasteiger partial charge in [-0.15, -0.1) is 23.1 Å². The van der Waals surface area contributed by atoms with Crippen LogP contribution >= 0.6 is 23.1 Å². The van der Waals surface area contributed by atoms with Crippen molar-refractivity contribution in [3.63, 3.8) is 0 Å². The number of aromatic nitrogens is 1. The third kappa shape index (κ3) is 4.85.